The number of nitrogens with one attached hydrogen (secondary N) is 2. The maximum atomic E-state index is 13.4. The summed E-state index contributed by atoms with van der Waals surface area (Å²) in [5, 5.41) is 5.69. The number of hydrogen-bond acceptors (Lipinski definition) is 2. The van der Waals surface area contributed by atoms with Crippen molar-refractivity contribution >= 4 is 27.5 Å². The van der Waals surface area contributed by atoms with E-state index in [1.54, 1.807) is 12.1 Å². The predicted octanol–water partition coefficient (Wildman–Crippen LogP) is 2.91. The molecular formula is C12H16BrFN2O. The van der Waals surface area contributed by atoms with Crippen LogP contribution in [-0.2, 0) is 4.79 Å². The summed E-state index contributed by atoms with van der Waals surface area (Å²) in [6.45, 7) is 4.69. The molecule has 17 heavy (non-hydrogen) atoms. The highest BCUT2D eigenvalue weighted by Crippen LogP contribution is 2.25. The van der Waals surface area contributed by atoms with E-state index in [0.717, 1.165) is 6.54 Å². The average molecular weight is 303 g/mol. The van der Waals surface area contributed by atoms with Crippen molar-refractivity contribution in [3.8, 4) is 0 Å². The van der Waals surface area contributed by atoms with Gasteiger partial charge in [-0.05, 0) is 41.5 Å². The van der Waals surface area contributed by atoms with E-state index in [9.17, 15) is 9.18 Å². The monoisotopic (exact) mass is 302 g/mol. The molecular weight excluding hydrogens is 287 g/mol. The zero-order chi connectivity index (χ0) is 12.8. The second-order valence-corrected chi connectivity index (χ2v) is 4.66. The van der Waals surface area contributed by atoms with Crippen LogP contribution in [0.25, 0.3) is 0 Å². The zero-order valence-corrected chi connectivity index (χ0v) is 11.5. The van der Waals surface area contributed by atoms with E-state index in [4.69, 9.17) is 0 Å². The van der Waals surface area contributed by atoms with Crippen molar-refractivity contribution in [2.75, 3.05) is 11.9 Å². The van der Waals surface area contributed by atoms with E-state index in [1.165, 1.54) is 6.07 Å². The Labute approximate surface area is 109 Å². The van der Waals surface area contributed by atoms with Gasteiger partial charge in [-0.1, -0.05) is 13.0 Å². The quantitative estimate of drug-likeness (QED) is 0.878. The number of para-hydroxylation sites is 1. The van der Waals surface area contributed by atoms with E-state index < -0.39 is 5.82 Å². The molecule has 1 amide bonds. The molecule has 0 heterocycles. The minimum atomic E-state index is -0.441. The number of benzene rings is 1. The van der Waals surface area contributed by atoms with E-state index in [2.05, 4.69) is 26.6 Å². The fourth-order valence-electron chi connectivity index (χ4n) is 1.51. The average Bonchev–Trinajstić information content (AvgIpc) is 2.24. The number of halogens is 2. The molecule has 0 saturated heterocycles. The summed E-state index contributed by atoms with van der Waals surface area (Å²) in [5.74, 6) is -0.645. The highest BCUT2D eigenvalue weighted by Gasteiger charge is 2.12. The third kappa shape index (κ3) is 4.44. The molecule has 3 nitrogen and oxygen atoms in total. The molecule has 0 aliphatic rings. The zero-order valence-electron chi connectivity index (χ0n) is 9.89. The molecule has 0 spiro atoms. The first-order valence-electron chi connectivity index (χ1n) is 5.51. The topological polar surface area (TPSA) is 41.1 Å². The molecule has 1 atom stereocenters. The highest BCUT2D eigenvalue weighted by molar-refractivity contribution is 9.10. The van der Waals surface area contributed by atoms with Gasteiger partial charge in [0, 0.05) is 16.9 Å². The normalized spacial score (nSPS) is 12.2. The van der Waals surface area contributed by atoms with Gasteiger partial charge < -0.3 is 10.6 Å². The second-order valence-electron chi connectivity index (χ2n) is 3.81. The van der Waals surface area contributed by atoms with Gasteiger partial charge in [0.2, 0.25) is 5.91 Å². The van der Waals surface area contributed by atoms with E-state index in [-0.39, 0.29) is 17.6 Å². The van der Waals surface area contributed by atoms with Crippen LogP contribution in [0.15, 0.2) is 22.7 Å². The molecule has 1 rings (SSSR count). The van der Waals surface area contributed by atoms with Crippen LogP contribution in [0.3, 0.4) is 0 Å². The van der Waals surface area contributed by atoms with Gasteiger partial charge in [-0.2, -0.15) is 0 Å². The Morgan fingerprint density at radius 3 is 2.82 bits per heavy atom. The summed E-state index contributed by atoms with van der Waals surface area (Å²) < 4.78 is 14.0. The van der Waals surface area contributed by atoms with Gasteiger partial charge in [-0.3, -0.25) is 4.79 Å². The lowest BCUT2D eigenvalue weighted by molar-refractivity contribution is -0.116. The predicted molar refractivity (Wildman–Crippen MR) is 70.5 cm³/mol. The van der Waals surface area contributed by atoms with E-state index in [0.29, 0.717) is 10.9 Å². The Balaban J connectivity index is 2.62. The number of amides is 1. The van der Waals surface area contributed by atoms with Crippen LogP contribution >= 0.6 is 15.9 Å². The molecule has 0 saturated carbocycles. The van der Waals surface area contributed by atoms with E-state index >= 15 is 0 Å². The van der Waals surface area contributed by atoms with Crippen LogP contribution in [0.5, 0.6) is 0 Å². The Bertz CT molecular complexity index is 378. The molecule has 1 aromatic rings. The SMILES string of the molecule is CCNC(C)CC(=O)Nc1c(F)cccc1Br. The van der Waals surface area contributed by atoms with Gasteiger partial charge in [-0.25, -0.2) is 4.39 Å². The summed E-state index contributed by atoms with van der Waals surface area (Å²) in [6.07, 6.45) is 0.314. The minimum Gasteiger partial charge on any atom is -0.323 e. The molecule has 1 unspecified atom stereocenters. The first kappa shape index (κ1) is 14.1. The van der Waals surface area contributed by atoms with Gasteiger partial charge in [-0.15, -0.1) is 0 Å². The van der Waals surface area contributed by atoms with Gasteiger partial charge in [0.15, 0.2) is 0 Å². The van der Waals surface area contributed by atoms with Crippen LogP contribution in [0.2, 0.25) is 0 Å². The number of carbonyl (C=O) groups excluding carboxylic acids is 1. The maximum absolute atomic E-state index is 13.4. The van der Waals surface area contributed by atoms with Crippen molar-refractivity contribution < 1.29 is 9.18 Å². The molecule has 1 aromatic carbocycles. The summed E-state index contributed by atoms with van der Waals surface area (Å²) in [4.78, 5) is 11.7. The van der Waals surface area contributed by atoms with Crippen molar-refractivity contribution in [2.45, 2.75) is 26.3 Å². The summed E-state index contributed by atoms with van der Waals surface area (Å²) in [6, 6.07) is 4.65. The van der Waals surface area contributed by atoms with Crippen molar-refractivity contribution in [2.24, 2.45) is 0 Å². The number of anilines is 1. The summed E-state index contributed by atoms with van der Waals surface area (Å²) >= 11 is 3.20. The number of hydrogen-bond donors (Lipinski definition) is 2. The first-order valence-corrected chi connectivity index (χ1v) is 6.31. The third-order valence-corrected chi connectivity index (χ3v) is 2.93. The molecule has 0 fully saturated rings. The molecule has 5 heteroatoms. The Kier molecular flexibility index (Phi) is 5.58. The molecule has 0 bridgehead atoms. The lowest BCUT2D eigenvalue weighted by atomic mass is 10.2. The smallest absolute Gasteiger partial charge is 0.226 e. The van der Waals surface area contributed by atoms with Crippen molar-refractivity contribution in [3.63, 3.8) is 0 Å². The van der Waals surface area contributed by atoms with Crippen molar-refractivity contribution in [1.82, 2.24) is 5.32 Å². The van der Waals surface area contributed by atoms with E-state index in [1.807, 2.05) is 13.8 Å². The molecule has 0 aromatic heterocycles. The largest absolute Gasteiger partial charge is 0.323 e. The highest BCUT2D eigenvalue weighted by atomic mass is 79.9. The molecule has 0 radical (unpaired) electrons. The van der Waals surface area contributed by atoms with Crippen LogP contribution in [0.4, 0.5) is 10.1 Å². The Morgan fingerprint density at radius 2 is 2.24 bits per heavy atom. The fourth-order valence-corrected chi connectivity index (χ4v) is 1.95. The molecule has 2 N–H and O–H groups in total. The summed E-state index contributed by atoms with van der Waals surface area (Å²) in [5.41, 5.74) is 0.196. The Hall–Kier alpha value is -0.940. The number of carbonyl (C=O) groups is 1. The van der Waals surface area contributed by atoms with Crippen LogP contribution in [-0.4, -0.2) is 18.5 Å². The van der Waals surface area contributed by atoms with Crippen LogP contribution in [0.1, 0.15) is 20.3 Å². The minimum absolute atomic E-state index is 0.0746. The summed E-state index contributed by atoms with van der Waals surface area (Å²) in [7, 11) is 0. The fraction of sp³-hybridized carbons (Fsp3) is 0.417. The van der Waals surface area contributed by atoms with Crippen molar-refractivity contribution in [3.05, 3.63) is 28.5 Å². The lowest BCUT2D eigenvalue weighted by Crippen LogP contribution is -2.30. The number of rotatable bonds is 5. The second kappa shape index (κ2) is 6.71. The van der Waals surface area contributed by atoms with Gasteiger partial charge >= 0.3 is 0 Å². The van der Waals surface area contributed by atoms with Crippen LogP contribution in [0, 0.1) is 5.82 Å². The van der Waals surface area contributed by atoms with Gasteiger partial charge in [0.05, 0.1) is 5.69 Å². The Morgan fingerprint density at radius 1 is 1.53 bits per heavy atom. The maximum Gasteiger partial charge on any atom is 0.226 e. The molecule has 0 aliphatic carbocycles. The van der Waals surface area contributed by atoms with Crippen molar-refractivity contribution in [1.29, 1.82) is 0 Å². The first-order chi connectivity index (χ1) is 8.04. The lowest BCUT2D eigenvalue weighted by Gasteiger charge is -2.13. The molecule has 94 valence electrons. The molecule has 0 aliphatic heterocycles. The van der Waals surface area contributed by atoms with Gasteiger partial charge in [0.1, 0.15) is 5.82 Å². The van der Waals surface area contributed by atoms with Crippen LogP contribution < -0.4 is 10.6 Å². The van der Waals surface area contributed by atoms with Gasteiger partial charge in [0.25, 0.3) is 0 Å². The third-order valence-electron chi connectivity index (χ3n) is 2.27. The standard InChI is InChI=1S/C12H16BrFN2O/c1-3-15-8(2)7-11(17)16-12-9(13)5-4-6-10(12)14/h4-6,8,15H,3,7H2,1-2H3,(H,16,17).